The highest BCUT2D eigenvalue weighted by Gasteiger charge is 2.64. The Balaban J connectivity index is 1.65. The molecule has 0 unspecified atom stereocenters. The van der Waals surface area contributed by atoms with E-state index in [4.69, 9.17) is 0 Å². The van der Waals surface area contributed by atoms with Crippen molar-refractivity contribution in [3.05, 3.63) is 65.7 Å². The molecule has 4 amide bonds. The number of fused-ring (bicyclic) bond motifs is 4. The maximum absolute atomic E-state index is 13.8. The van der Waals surface area contributed by atoms with Gasteiger partial charge in [-0.1, -0.05) is 48.5 Å². The number of hydrogen-bond donors (Lipinski definition) is 1. The summed E-state index contributed by atoms with van der Waals surface area (Å²) in [7, 11) is 0. The second-order valence-corrected chi connectivity index (χ2v) is 8.82. The molecule has 2 aromatic carbocycles. The number of hydrogen-bond acceptors (Lipinski definition) is 4. The lowest BCUT2D eigenvalue weighted by molar-refractivity contribution is -0.154. The molecule has 3 aliphatic heterocycles. The van der Waals surface area contributed by atoms with Gasteiger partial charge in [-0.25, -0.2) is 4.79 Å². The van der Waals surface area contributed by atoms with E-state index in [0.717, 1.165) is 17.8 Å². The van der Waals surface area contributed by atoms with Gasteiger partial charge in [0.05, 0.1) is 6.04 Å². The fourth-order valence-electron chi connectivity index (χ4n) is 5.49. The van der Waals surface area contributed by atoms with E-state index in [-0.39, 0.29) is 23.9 Å². The van der Waals surface area contributed by atoms with Crippen LogP contribution in [0.1, 0.15) is 37.3 Å². The first-order chi connectivity index (χ1) is 14.4. The average Bonchev–Trinajstić information content (AvgIpc) is 3.18. The van der Waals surface area contributed by atoms with Gasteiger partial charge in [0.1, 0.15) is 0 Å². The van der Waals surface area contributed by atoms with Gasteiger partial charge in [-0.05, 0) is 43.9 Å². The molecule has 6 heteroatoms. The summed E-state index contributed by atoms with van der Waals surface area (Å²) in [5, 5.41) is 2.50. The minimum Gasteiger partial charge on any atom is -0.366 e. The number of para-hydroxylation sites is 1. The zero-order valence-corrected chi connectivity index (χ0v) is 17.2. The summed E-state index contributed by atoms with van der Waals surface area (Å²) in [6.45, 7) is 4.34. The Kier molecular flexibility index (Phi) is 4.20. The molecule has 0 bridgehead atoms. The number of nitrogens with one attached hydrogen (secondary N) is 1. The lowest BCUT2D eigenvalue weighted by Gasteiger charge is -2.50. The van der Waals surface area contributed by atoms with Crippen LogP contribution < -0.4 is 10.2 Å². The number of urea groups is 1. The number of benzene rings is 2. The minimum atomic E-state index is -1.30. The molecule has 2 saturated heterocycles. The second-order valence-electron chi connectivity index (χ2n) is 8.82. The molecule has 3 atom stereocenters. The van der Waals surface area contributed by atoms with E-state index in [1.54, 1.807) is 13.8 Å². The summed E-state index contributed by atoms with van der Waals surface area (Å²) in [6.07, 6.45) is 1.00. The zero-order chi connectivity index (χ0) is 21.0. The van der Waals surface area contributed by atoms with E-state index in [0.29, 0.717) is 12.8 Å². The molecule has 2 fully saturated rings. The third-order valence-electron chi connectivity index (χ3n) is 6.87. The Morgan fingerprint density at radius 3 is 2.43 bits per heavy atom. The SMILES string of the molecule is CC(C)N1C(=O)NC(=O)[C@]2(Cc3ccccc3N3C[C@H](c4ccccc4)C[C@H]32)C1=O. The highest BCUT2D eigenvalue weighted by Crippen LogP contribution is 2.51. The van der Waals surface area contributed by atoms with Crippen molar-refractivity contribution in [3.8, 4) is 0 Å². The van der Waals surface area contributed by atoms with Crippen LogP contribution >= 0.6 is 0 Å². The predicted molar refractivity (Wildman–Crippen MR) is 113 cm³/mol. The molecule has 0 radical (unpaired) electrons. The van der Waals surface area contributed by atoms with Crippen LogP contribution in [0.4, 0.5) is 10.5 Å². The van der Waals surface area contributed by atoms with E-state index in [2.05, 4.69) is 28.4 Å². The second kappa shape index (κ2) is 6.69. The average molecular weight is 403 g/mol. The van der Waals surface area contributed by atoms with Crippen molar-refractivity contribution in [1.82, 2.24) is 10.2 Å². The summed E-state index contributed by atoms with van der Waals surface area (Å²) in [5.41, 5.74) is 1.97. The molecule has 1 spiro atoms. The summed E-state index contributed by atoms with van der Waals surface area (Å²) in [4.78, 5) is 43.0. The van der Waals surface area contributed by atoms with Gasteiger partial charge in [-0.3, -0.25) is 19.8 Å². The quantitative estimate of drug-likeness (QED) is 0.783. The summed E-state index contributed by atoms with van der Waals surface area (Å²) < 4.78 is 0. The molecule has 5 rings (SSSR count). The Morgan fingerprint density at radius 1 is 1.00 bits per heavy atom. The number of nitrogens with zero attached hydrogens (tertiary/aromatic N) is 2. The minimum absolute atomic E-state index is 0.213. The molecule has 6 nitrogen and oxygen atoms in total. The largest absolute Gasteiger partial charge is 0.366 e. The van der Waals surface area contributed by atoms with Crippen molar-refractivity contribution in [3.63, 3.8) is 0 Å². The van der Waals surface area contributed by atoms with Crippen LogP contribution in [0.15, 0.2) is 54.6 Å². The molecular formula is C24H25N3O3. The van der Waals surface area contributed by atoms with E-state index < -0.39 is 17.4 Å². The standard InChI is InChI=1S/C24H25N3O3/c1-15(2)27-22(29)24(21(28)25-23(27)30)13-17-10-6-7-11-19(17)26-14-18(12-20(24)26)16-8-4-3-5-9-16/h3-11,15,18,20H,12-14H2,1-2H3,(H,25,28,30)/t18-,20+,24-/m1/s1. The lowest BCUT2D eigenvalue weighted by Crippen LogP contribution is -2.72. The van der Waals surface area contributed by atoms with Crippen molar-refractivity contribution in [2.24, 2.45) is 5.41 Å². The monoisotopic (exact) mass is 403 g/mol. The van der Waals surface area contributed by atoms with Crippen LogP contribution in [-0.4, -0.2) is 41.4 Å². The van der Waals surface area contributed by atoms with Crippen LogP contribution in [0.3, 0.4) is 0 Å². The topological polar surface area (TPSA) is 69.7 Å². The van der Waals surface area contributed by atoms with Gasteiger partial charge in [0, 0.05) is 24.2 Å². The normalized spacial score (nSPS) is 28.0. The van der Waals surface area contributed by atoms with Crippen molar-refractivity contribution < 1.29 is 14.4 Å². The molecule has 2 aromatic rings. The maximum Gasteiger partial charge on any atom is 0.331 e. The molecule has 3 aliphatic rings. The first-order valence-electron chi connectivity index (χ1n) is 10.5. The molecule has 1 N–H and O–H groups in total. The Labute approximate surface area is 175 Å². The van der Waals surface area contributed by atoms with Crippen molar-refractivity contribution >= 4 is 23.5 Å². The number of imide groups is 2. The number of carbonyl (C=O) groups is 3. The molecule has 0 aliphatic carbocycles. The van der Waals surface area contributed by atoms with E-state index in [9.17, 15) is 14.4 Å². The van der Waals surface area contributed by atoms with Crippen molar-refractivity contribution in [2.75, 3.05) is 11.4 Å². The smallest absolute Gasteiger partial charge is 0.331 e. The number of barbiturate groups is 1. The fourth-order valence-corrected chi connectivity index (χ4v) is 5.49. The number of anilines is 1. The first-order valence-corrected chi connectivity index (χ1v) is 10.5. The van der Waals surface area contributed by atoms with Gasteiger partial charge in [0.2, 0.25) is 11.8 Å². The molecule has 154 valence electrons. The highest BCUT2D eigenvalue weighted by molar-refractivity contribution is 6.20. The van der Waals surface area contributed by atoms with E-state index in [1.165, 1.54) is 10.5 Å². The van der Waals surface area contributed by atoms with Crippen LogP contribution in [0.25, 0.3) is 0 Å². The molecule has 0 aromatic heterocycles. The lowest BCUT2D eigenvalue weighted by atomic mass is 9.68. The summed E-state index contributed by atoms with van der Waals surface area (Å²) in [6, 6.07) is 17.0. The third kappa shape index (κ3) is 2.52. The third-order valence-corrected chi connectivity index (χ3v) is 6.87. The van der Waals surface area contributed by atoms with E-state index in [1.807, 2.05) is 36.4 Å². The molecule has 3 heterocycles. The van der Waals surface area contributed by atoms with Gasteiger partial charge in [0.15, 0.2) is 5.41 Å². The molecule has 30 heavy (non-hydrogen) atoms. The highest BCUT2D eigenvalue weighted by atomic mass is 16.2. The van der Waals surface area contributed by atoms with Gasteiger partial charge in [-0.2, -0.15) is 0 Å². The molecular weight excluding hydrogens is 378 g/mol. The first kappa shape index (κ1) is 18.9. The van der Waals surface area contributed by atoms with Crippen LogP contribution in [0, 0.1) is 5.41 Å². The van der Waals surface area contributed by atoms with Crippen LogP contribution in [0.2, 0.25) is 0 Å². The maximum atomic E-state index is 13.8. The Morgan fingerprint density at radius 2 is 1.70 bits per heavy atom. The predicted octanol–water partition coefficient (Wildman–Crippen LogP) is 3.08. The van der Waals surface area contributed by atoms with E-state index >= 15 is 0 Å². The van der Waals surface area contributed by atoms with Gasteiger partial charge >= 0.3 is 6.03 Å². The summed E-state index contributed by atoms with van der Waals surface area (Å²) >= 11 is 0. The van der Waals surface area contributed by atoms with Gasteiger partial charge < -0.3 is 4.90 Å². The van der Waals surface area contributed by atoms with Gasteiger partial charge in [0.25, 0.3) is 0 Å². The number of rotatable bonds is 2. The summed E-state index contributed by atoms with van der Waals surface area (Å²) in [5.74, 6) is -0.623. The molecule has 0 saturated carbocycles. The fraction of sp³-hybridized carbons (Fsp3) is 0.375. The number of amides is 4. The van der Waals surface area contributed by atoms with Gasteiger partial charge in [-0.15, -0.1) is 0 Å². The Hall–Kier alpha value is -3.15. The van der Waals surface area contributed by atoms with Crippen molar-refractivity contribution in [1.29, 1.82) is 0 Å². The zero-order valence-electron chi connectivity index (χ0n) is 17.2. The Bertz CT molecular complexity index is 1040. The van der Waals surface area contributed by atoms with Crippen LogP contribution in [0.5, 0.6) is 0 Å². The van der Waals surface area contributed by atoms with Crippen LogP contribution in [-0.2, 0) is 16.0 Å². The van der Waals surface area contributed by atoms with Crippen molar-refractivity contribution in [2.45, 2.75) is 44.7 Å². The number of carbonyl (C=O) groups excluding carboxylic acids is 3.